The van der Waals surface area contributed by atoms with E-state index in [1.165, 1.54) is 0 Å². The van der Waals surface area contributed by atoms with Crippen LogP contribution in [0, 0.1) is 0 Å². The molecule has 0 atom stereocenters. The fraction of sp³-hybridized carbons (Fsp3) is 0.300. The highest BCUT2D eigenvalue weighted by Gasteiger charge is 2.11. The summed E-state index contributed by atoms with van der Waals surface area (Å²) in [5.41, 5.74) is 0.484. The molecular formula is C10H11BrO3. The molecular weight excluding hydrogens is 248 g/mol. The summed E-state index contributed by atoms with van der Waals surface area (Å²) in [6.45, 7) is 2.36. The Kier molecular flexibility index (Phi) is 3.95. The second kappa shape index (κ2) is 5.00. The highest BCUT2D eigenvalue weighted by molar-refractivity contribution is 9.10. The molecule has 0 spiro atoms. The van der Waals surface area contributed by atoms with E-state index >= 15 is 0 Å². The lowest BCUT2D eigenvalue weighted by Crippen LogP contribution is -1.99. The van der Waals surface area contributed by atoms with E-state index in [1.807, 2.05) is 6.92 Å². The quantitative estimate of drug-likeness (QED) is 0.780. The van der Waals surface area contributed by atoms with Crippen molar-refractivity contribution in [2.75, 3.05) is 13.7 Å². The smallest absolute Gasteiger partial charge is 0.171 e. The second-order valence-corrected chi connectivity index (χ2v) is 3.49. The summed E-state index contributed by atoms with van der Waals surface area (Å²) in [6.07, 6.45) is 0.748. The van der Waals surface area contributed by atoms with Gasteiger partial charge in [-0.05, 0) is 19.1 Å². The first-order valence-electron chi connectivity index (χ1n) is 4.18. The van der Waals surface area contributed by atoms with Gasteiger partial charge in [-0.1, -0.05) is 15.9 Å². The van der Waals surface area contributed by atoms with E-state index < -0.39 is 0 Å². The average molecular weight is 259 g/mol. The Morgan fingerprint density at radius 1 is 1.50 bits per heavy atom. The van der Waals surface area contributed by atoms with Crippen LogP contribution < -0.4 is 9.47 Å². The normalized spacial score (nSPS) is 9.64. The highest BCUT2D eigenvalue weighted by Crippen LogP contribution is 2.33. The third-order valence-corrected chi connectivity index (χ3v) is 2.14. The van der Waals surface area contributed by atoms with Crippen LogP contribution in [0.5, 0.6) is 11.5 Å². The minimum atomic E-state index is 0.484. The molecule has 0 fully saturated rings. The van der Waals surface area contributed by atoms with Crippen LogP contribution in [0.4, 0.5) is 0 Å². The second-order valence-electron chi connectivity index (χ2n) is 2.58. The third-order valence-electron chi connectivity index (χ3n) is 1.68. The summed E-state index contributed by atoms with van der Waals surface area (Å²) >= 11 is 3.29. The van der Waals surface area contributed by atoms with Gasteiger partial charge in [0.2, 0.25) is 0 Å². The maximum atomic E-state index is 10.8. The lowest BCUT2D eigenvalue weighted by atomic mass is 10.2. The molecule has 14 heavy (non-hydrogen) atoms. The summed E-state index contributed by atoms with van der Waals surface area (Å²) in [5.74, 6) is 1.05. The molecule has 0 saturated carbocycles. The minimum absolute atomic E-state index is 0.484. The molecule has 0 bridgehead atoms. The zero-order chi connectivity index (χ0) is 10.6. The van der Waals surface area contributed by atoms with Crippen LogP contribution in [0.1, 0.15) is 17.3 Å². The Morgan fingerprint density at radius 3 is 2.71 bits per heavy atom. The standard InChI is InChI=1S/C10H11BrO3/c1-3-14-10-7(6-12)4-8(11)5-9(10)13-2/h4-6H,3H2,1-2H3. The summed E-state index contributed by atoms with van der Waals surface area (Å²) in [5, 5.41) is 0. The molecule has 0 N–H and O–H groups in total. The molecule has 0 heterocycles. The molecule has 1 rings (SSSR count). The molecule has 0 aromatic heterocycles. The Labute approximate surface area is 91.1 Å². The van der Waals surface area contributed by atoms with Crippen molar-refractivity contribution in [3.05, 3.63) is 22.2 Å². The molecule has 0 aliphatic heterocycles. The van der Waals surface area contributed by atoms with Crippen LogP contribution in [0.2, 0.25) is 0 Å². The fourth-order valence-corrected chi connectivity index (χ4v) is 1.58. The van der Waals surface area contributed by atoms with Crippen molar-refractivity contribution in [1.82, 2.24) is 0 Å². The van der Waals surface area contributed by atoms with E-state index in [0.717, 1.165) is 10.8 Å². The van der Waals surface area contributed by atoms with Gasteiger partial charge >= 0.3 is 0 Å². The molecule has 3 nitrogen and oxygen atoms in total. The number of aldehydes is 1. The SMILES string of the molecule is CCOc1c(C=O)cc(Br)cc1OC. The lowest BCUT2D eigenvalue weighted by molar-refractivity contribution is 0.111. The van der Waals surface area contributed by atoms with Gasteiger partial charge in [-0.15, -0.1) is 0 Å². The third kappa shape index (κ3) is 2.26. The zero-order valence-corrected chi connectivity index (χ0v) is 9.63. The number of methoxy groups -OCH3 is 1. The molecule has 1 aromatic carbocycles. The maximum Gasteiger partial charge on any atom is 0.171 e. The highest BCUT2D eigenvalue weighted by atomic mass is 79.9. The van der Waals surface area contributed by atoms with Gasteiger partial charge in [-0.3, -0.25) is 4.79 Å². The van der Waals surface area contributed by atoms with Crippen molar-refractivity contribution >= 4 is 22.2 Å². The predicted molar refractivity (Wildman–Crippen MR) is 57.3 cm³/mol. The number of benzene rings is 1. The zero-order valence-electron chi connectivity index (χ0n) is 8.04. The summed E-state index contributed by atoms with van der Waals surface area (Å²) in [7, 11) is 1.54. The first-order valence-corrected chi connectivity index (χ1v) is 4.97. The summed E-state index contributed by atoms with van der Waals surface area (Å²) < 4.78 is 11.2. The van der Waals surface area contributed by atoms with Crippen LogP contribution in [-0.2, 0) is 0 Å². The molecule has 76 valence electrons. The largest absolute Gasteiger partial charge is 0.493 e. The van der Waals surface area contributed by atoms with E-state index in [0.29, 0.717) is 23.7 Å². The van der Waals surface area contributed by atoms with Crippen LogP contribution in [0.15, 0.2) is 16.6 Å². The Morgan fingerprint density at radius 2 is 2.21 bits per heavy atom. The van der Waals surface area contributed by atoms with E-state index in [2.05, 4.69) is 15.9 Å². The molecule has 0 aliphatic carbocycles. The number of carbonyl (C=O) groups excluding carboxylic acids is 1. The van der Waals surface area contributed by atoms with Gasteiger partial charge in [0.1, 0.15) is 0 Å². The molecule has 0 aliphatic rings. The number of hydrogen-bond acceptors (Lipinski definition) is 3. The van der Waals surface area contributed by atoms with Gasteiger partial charge < -0.3 is 9.47 Å². The van der Waals surface area contributed by atoms with Gasteiger partial charge in [-0.2, -0.15) is 0 Å². The van der Waals surface area contributed by atoms with Crippen molar-refractivity contribution in [1.29, 1.82) is 0 Å². The minimum Gasteiger partial charge on any atom is -0.493 e. The number of carbonyl (C=O) groups is 1. The van der Waals surface area contributed by atoms with E-state index in [-0.39, 0.29) is 0 Å². The number of rotatable bonds is 4. The topological polar surface area (TPSA) is 35.5 Å². The van der Waals surface area contributed by atoms with Crippen LogP contribution in [0.3, 0.4) is 0 Å². The molecule has 0 radical (unpaired) electrons. The number of halogens is 1. The lowest BCUT2D eigenvalue weighted by Gasteiger charge is -2.11. The Balaban J connectivity index is 3.24. The van der Waals surface area contributed by atoms with Crippen LogP contribution >= 0.6 is 15.9 Å². The first-order chi connectivity index (χ1) is 6.72. The fourth-order valence-electron chi connectivity index (χ4n) is 1.13. The molecule has 4 heteroatoms. The number of hydrogen-bond donors (Lipinski definition) is 0. The first kappa shape index (κ1) is 11.0. The van der Waals surface area contributed by atoms with Gasteiger partial charge in [-0.25, -0.2) is 0 Å². The van der Waals surface area contributed by atoms with Gasteiger partial charge in [0.05, 0.1) is 19.3 Å². The van der Waals surface area contributed by atoms with Gasteiger partial charge in [0.25, 0.3) is 0 Å². The van der Waals surface area contributed by atoms with Crippen LogP contribution in [-0.4, -0.2) is 20.0 Å². The van der Waals surface area contributed by atoms with E-state index in [4.69, 9.17) is 9.47 Å². The van der Waals surface area contributed by atoms with Crippen molar-refractivity contribution in [3.8, 4) is 11.5 Å². The van der Waals surface area contributed by atoms with Crippen molar-refractivity contribution < 1.29 is 14.3 Å². The maximum absolute atomic E-state index is 10.8. The van der Waals surface area contributed by atoms with E-state index in [1.54, 1.807) is 19.2 Å². The molecule has 0 amide bonds. The summed E-state index contributed by atoms with van der Waals surface area (Å²) in [4.78, 5) is 10.8. The molecule has 1 aromatic rings. The van der Waals surface area contributed by atoms with Crippen molar-refractivity contribution in [2.45, 2.75) is 6.92 Å². The number of ether oxygens (including phenoxy) is 2. The predicted octanol–water partition coefficient (Wildman–Crippen LogP) is 2.67. The summed E-state index contributed by atoms with van der Waals surface area (Å²) in [6, 6.07) is 3.46. The molecule has 0 unspecified atom stereocenters. The average Bonchev–Trinajstić information content (AvgIpc) is 2.20. The monoisotopic (exact) mass is 258 g/mol. The van der Waals surface area contributed by atoms with E-state index in [9.17, 15) is 4.79 Å². The Bertz CT molecular complexity index is 336. The Hall–Kier alpha value is -1.03. The van der Waals surface area contributed by atoms with Crippen molar-refractivity contribution in [2.24, 2.45) is 0 Å². The van der Waals surface area contributed by atoms with Gasteiger partial charge in [0.15, 0.2) is 17.8 Å². The van der Waals surface area contributed by atoms with Crippen LogP contribution in [0.25, 0.3) is 0 Å². The van der Waals surface area contributed by atoms with Gasteiger partial charge in [0, 0.05) is 4.47 Å². The molecule has 0 saturated heterocycles. The van der Waals surface area contributed by atoms with Crippen molar-refractivity contribution in [3.63, 3.8) is 0 Å².